The van der Waals surface area contributed by atoms with Crippen LogP contribution >= 0.6 is 39.1 Å². The number of benzene rings is 1. The summed E-state index contributed by atoms with van der Waals surface area (Å²) in [5, 5.41) is 0.326. The monoisotopic (exact) mass is 395 g/mol. The first kappa shape index (κ1) is 15.4. The second-order valence-electron chi connectivity index (χ2n) is 3.77. The van der Waals surface area contributed by atoms with Crippen molar-refractivity contribution in [1.29, 1.82) is 0 Å². The fourth-order valence-electron chi connectivity index (χ4n) is 1.35. The second kappa shape index (κ2) is 5.77. The molecule has 0 saturated heterocycles. The molecule has 0 atom stereocenters. The van der Waals surface area contributed by atoms with Gasteiger partial charge in [0.15, 0.2) is 0 Å². The van der Waals surface area contributed by atoms with E-state index in [1.54, 1.807) is 12.1 Å². The Kier molecular flexibility index (Phi) is 4.43. The number of nitrogens with one attached hydrogen (secondary N) is 1. The van der Waals surface area contributed by atoms with Gasteiger partial charge < -0.3 is 5.73 Å². The van der Waals surface area contributed by atoms with Crippen molar-refractivity contribution < 1.29 is 8.42 Å². The van der Waals surface area contributed by atoms with Crippen LogP contribution in [0.2, 0.25) is 10.0 Å². The predicted molar refractivity (Wildman–Crippen MR) is 83.6 cm³/mol. The standard InChI is InChI=1S/C11H8BrCl2N3O2S/c12-6-1-2-10(8(13)3-6)17-20(18,19)7-4-9(14)11(15)16-5-7/h1-5,17H,(H2,15,16). The molecule has 1 aromatic carbocycles. The van der Waals surface area contributed by atoms with E-state index in [0.717, 1.165) is 10.7 Å². The average Bonchev–Trinajstić information content (AvgIpc) is 2.36. The molecule has 0 saturated carbocycles. The summed E-state index contributed by atoms with van der Waals surface area (Å²) in [6, 6.07) is 6.00. The van der Waals surface area contributed by atoms with Crippen LogP contribution in [0.1, 0.15) is 0 Å². The van der Waals surface area contributed by atoms with Gasteiger partial charge in [-0.15, -0.1) is 0 Å². The molecule has 2 rings (SSSR count). The van der Waals surface area contributed by atoms with E-state index in [1.165, 1.54) is 12.1 Å². The lowest BCUT2D eigenvalue weighted by molar-refractivity contribution is 0.601. The highest BCUT2D eigenvalue weighted by molar-refractivity contribution is 9.10. The van der Waals surface area contributed by atoms with Crippen LogP contribution in [-0.4, -0.2) is 13.4 Å². The SMILES string of the molecule is Nc1ncc(S(=O)(=O)Nc2ccc(Br)cc2Cl)cc1Cl. The summed E-state index contributed by atoms with van der Waals surface area (Å²) < 4.78 is 27.5. The van der Waals surface area contributed by atoms with Gasteiger partial charge in [0.05, 0.1) is 15.7 Å². The molecular weight excluding hydrogens is 389 g/mol. The number of nitrogens with two attached hydrogens (primary N) is 1. The van der Waals surface area contributed by atoms with Crippen molar-refractivity contribution in [2.24, 2.45) is 0 Å². The van der Waals surface area contributed by atoms with Gasteiger partial charge in [0.25, 0.3) is 10.0 Å². The summed E-state index contributed by atoms with van der Waals surface area (Å²) in [7, 11) is -3.84. The minimum absolute atomic E-state index is 0.0623. The Balaban J connectivity index is 2.38. The smallest absolute Gasteiger partial charge is 0.263 e. The summed E-state index contributed by atoms with van der Waals surface area (Å²) >= 11 is 15.0. The number of hydrogen-bond donors (Lipinski definition) is 2. The Hall–Kier alpha value is -1.02. The van der Waals surface area contributed by atoms with E-state index >= 15 is 0 Å². The molecule has 0 aliphatic carbocycles. The number of anilines is 2. The largest absolute Gasteiger partial charge is 0.382 e. The van der Waals surface area contributed by atoms with Crippen molar-refractivity contribution >= 4 is 60.7 Å². The minimum Gasteiger partial charge on any atom is -0.382 e. The van der Waals surface area contributed by atoms with E-state index in [4.69, 9.17) is 28.9 Å². The highest BCUT2D eigenvalue weighted by Crippen LogP contribution is 2.28. The van der Waals surface area contributed by atoms with E-state index in [9.17, 15) is 8.42 Å². The van der Waals surface area contributed by atoms with Gasteiger partial charge in [0.2, 0.25) is 0 Å². The molecule has 2 aromatic rings. The zero-order valence-corrected chi connectivity index (χ0v) is 13.7. The van der Waals surface area contributed by atoms with Crippen LogP contribution in [0.3, 0.4) is 0 Å². The quantitative estimate of drug-likeness (QED) is 0.830. The van der Waals surface area contributed by atoms with Crippen molar-refractivity contribution in [2.45, 2.75) is 4.90 Å². The molecule has 0 amide bonds. The average molecular weight is 397 g/mol. The van der Waals surface area contributed by atoms with E-state index in [-0.39, 0.29) is 26.4 Å². The first-order valence-corrected chi connectivity index (χ1v) is 8.22. The Morgan fingerprint density at radius 3 is 2.50 bits per heavy atom. The van der Waals surface area contributed by atoms with Gasteiger partial charge in [-0.05, 0) is 24.3 Å². The van der Waals surface area contributed by atoms with Gasteiger partial charge in [-0.1, -0.05) is 39.1 Å². The molecular formula is C11H8BrCl2N3O2S. The summed E-state index contributed by atoms with van der Waals surface area (Å²) in [5.41, 5.74) is 5.69. The number of halogens is 3. The molecule has 9 heteroatoms. The summed E-state index contributed by atoms with van der Waals surface area (Å²) in [5.74, 6) is 0.0623. The van der Waals surface area contributed by atoms with Crippen LogP contribution in [0.5, 0.6) is 0 Å². The molecule has 0 aliphatic rings. The predicted octanol–water partition coefficient (Wildman–Crippen LogP) is 3.53. The summed E-state index contributed by atoms with van der Waals surface area (Å²) in [6.07, 6.45) is 1.12. The van der Waals surface area contributed by atoms with Crippen LogP contribution < -0.4 is 10.5 Å². The number of sulfonamides is 1. The topological polar surface area (TPSA) is 85.1 Å². The Morgan fingerprint density at radius 2 is 1.90 bits per heavy atom. The molecule has 0 bridgehead atoms. The number of aromatic nitrogens is 1. The molecule has 1 aromatic heterocycles. The summed E-state index contributed by atoms with van der Waals surface area (Å²) in [6.45, 7) is 0. The number of pyridine rings is 1. The molecule has 0 unspecified atom stereocenters. The van der Waals surface area contributed by atoms with Crippen LogP contribution in [0.15, 0.2) is 39.8 Å². The molecule has 3 N–H and O–H groups in total. The maximum Gasteiger partial charge on any atom is 0.263 e. The third-order valence-electron chi connectivity index (χ3n) is 2.33. The van der Waals surface area contributed by atoms with Gasteiger partial charge in [-0.3, -0.25) is 4.72 Å². The number of nitrogens with zero attached hydrogens (tertiary/aromatic N) is 1. The lowest BCUT2D eigenvalue weighted by Crippen LogP contribution is -2.14. The molecule has 0 spiro atoms. The number of rotatable bonds is 3. The van der Waals surface area contributed by atoms with E-state index in [2.05, 4.69) is 25.6 Å². The molecule has 0 radical (unpaired) electrons. The van der Waals surface area contributed by atoms with E-state index in [1.807, 2.05) is 0 Å². The first-order valence-electron chi connectivity index (χ1n) is 5.18. The normalized spacial score (nSPS) is 11.3. The maximum atomic E-state index is 12.2. The Labute approximate surface area is 134 Å². The van der Waals surface area contributed by atoms with Crippen LogP contribution in [0.4, 0.5) is 11.5 Å². The van der Waals surface area contributed by atoms with Crippen molar-refractivity contribution in [1.82, 2.24) is 4.98 Å². The summed E-state index contributed by atoms with van der Waals surface area (Å²) in [4.78, 5) is 3.61. The molecule has 0 fully saturated rings. The Morgan fingerprint density at radius 1 is 1.20 bits per heavy atom. The lowest BCUT2D eigenvalue weighted by atomic mass is 10.3. The van der Waals surface area contributed by atoms with Crippen molar-refractivity contribution in [3.63, 3.8) is 0 Å². The third-order valence-corrected chi connectivity index (χ3v) is 4.77. The fourth-order valence-corrected chi connectivity index (χ4v) is 3.41. The molecule has 106 valence electrons. The van der Waals surface area contributed by atoms with Crippen molar-refractivity contribution in [2.75, 3.05) is 10.5 Å². The highest BCUT2D eigenvalue weighted by atomic mass is 79.9. The van der Waals surface area contributed by atoms with Gasteiger partial charge in [0.1, 0.15) is 10.7 Å². The fraction of sp³-hybridized carbons (Fsp3) is 0. The van der Waals surface area contributed by atoms with Crippen LogP contribution in [-0.2, 0) is 10.0 Å². The van der Waals surface area contributed by atoms with Crippen LogP contribution in [0, 0.1) is 0 Å². The zero-order chi connectivity index (χ0) is 14.9. The van der Waals surface area contributed by atoms with Gasteiger partial charge >= 0.3 is 0 Å². The number of hydrogen-bond acceptors (Lipinski definition) is 4. The zero-order valence-electron chi connectivity index (χ0n) is 9.77. The van der Waals surface area contributed by atoms with E-state index in [0.29, 0.717) is 0 Å². The number of nitrogen functional groups attached to an aromatic ring is 1. The Bertz CT molecular complexity index is 768. The van der Waals surface area contributed by atoms with Gasteiger partial charge in [-0.2, -0.15) is 0 Å². The molecule has 0 aliphatic heterocycles. The first-order chi connectivity index (χ1) is 9.29. The van der Waals surface area contributed by atoms with Crippen molar-refractivity contribution in [3.05, 3.63) is 45.0 Å². The lowest BCUT2D eigenvalue weighted by Gasteiger charge is -2.10. The van der Waals surface area contributed by atoms with Gasteiger partial charge in [0, 0.05) is 10.7 Å². The second-order valence-corrected chi connectivity index (χ2v) is 7.18. The molecule has 20 heavy (non-hydrogen) atoms. The molecule has 5 nitrogen and oxygen atoms in total. The third kappa shape index (κ3) is 3.35. The maximum absolute atomic E-state index is 12.2. The van der Waals surface area contributed by atoms with Crippen LogP contribution in [0.25, 0.3) is 0 Å². The van der Waals surface area contributed by atoms with Crippen molar-refractivity contribution in [3.8, 4) is 0 Å². The molecule has 1 heterocycles. The van der Waals surface area contributed by atoms with Gasteiger partial charge in [-0.25, -0.2) is 13.4 Å². The minimum atomic E-state index is -3.84. The highest BCUT2D eigenvalue weighted by Gasteiger charge is 2.17. The van der Waals surface area contributed by atoms with E-state index < -0.39 is 10.0 Å².